The maximum Gasteiger partial charge on any atom is 0.0484 e. The SMILES string of the molecule is CC1(C)CNCC2(CCOCC2)N1. The van der Waals surface area contributed by atoms with Crippen LogP contribution in [0.5, 0.6) is 0 Å². The first-order chi connectivity index (χ1) is 6.12. The van der Waals surface area contributed by atoms with Crippen molar-refractivity contribution in [1.82, 2.24) is 10.6 Å². The summed E-state index contributed by atoms with van der Waals surface area (Å²) in [5.41, 5.74) is 0.537. The summed E-state index contributed by atoms with van der Waals surface area (Å²) in [5, 5.41) is 7.28. The Morgan fingerprint density at radius 2 is 1.77 bits per heavy atom. The molecule has 0 radical (unpaired) electrons. The molecule has 0 bridgehead atoms. The Balaban J connectivity index is 2.04. The van der Waals surface area contributed by atoms with Crippen molar-refractivity contribution in [2.45, 2.75) is 37.8 Å². The van der Waals surface area contributed by atoms with Crippen LogP contribution in [0.2, 0.25) is 0 Å². The van der Waals surface area contributed by atoms with Crippen molar-refractivity contribution in [3.05, 3.63) is 0 Å². The molecule has 2 aliphatic rings. The van der Waals surface area contributed by atoms with Crippen LogP contribution < -0.4 is 10.6 Å². The zero-order chi connectivity index (χ0) is 9.36. The van der Waals surface area contributed by atoms with E-state index in [1.165, 1.54) is 0 Å². The molecule has 1 spiro atoms. The third-order valence-corrected chi connectivity index (χ3v) is 3.08. The Labute approximate surface area is 80.2 Å². The van der Waals surface area contributed by atoms with Gasteiger partial charge in [0.25, 0.3) is 0 Å². The molecular weight excluding hydrogens is 164 g/mol. The van der Waals surface area contributed by atoms with Crippen molar-refractivity contribution in [1.29, 1.82) is 0 Å². The van der Waals surface area contributed by atoms with Gasteiger partial charge in [-0.25, -0.2) is 0 Å². The summed E-state index contributed by atoms with van der Waals surface area (Å²) in [4.78, 5) is 0. The Morgan fingerprint density at radius 1 is 1.08 bits per heavy atom. The van der Waals surface area contributed by atoms with E-state index >= 15 is 0 Å². The van der Waals surface area contributed by atoms with Crippen molar-refractivity contribution in [3.63, 3.8) is 0 Å². The van der Waals surface area contributed by atoms with E-state index in [0.717, 1.165) is 39.1 Å². The number of hydrogen-bond acceptors (Lipinski definition) is 3. The molecule has 0 saturated carbocycles. The summed E-state index contributed by atoms with van der Waals surface area (Å²) in [6, 6.07) is 0. The molecular formula is C10H20N2O. The second-order valence-corrected chi connectivity index (χ2v) is 5.01. The lowest BCUT2D eigenvalue weighted by Crippen LogP contribution is -2.69. The molecule has 0 amide bonds. The highest BCUT2D eigenvalue weighted by Crippen LogP contribution is 2.25. The van der Waals surface area contributed by atoms with Gasteiger partial charge in [0.2, 0.25) is 0 Å². The smallest absolute Gasteiger partial charge is 0.0484 e. The molecule has 0 aromatic carbocycles. The Bertz CT molecular complexity index is 180. The van der Waals surface area contributed by atoms with Crippen molar-refractivity contribution < 1.29 is 4.74 Å². The second kappa shape index (κ2) is 3.23. The molecule has 2 fully saturated rings. The Kier molecular flexibility index (Phi) is 2.34. The van der Waals surface area contributed by atoms with Crippen LogP contribution in [0.3, 0.4) is 0 Å². The molecule has 13 heavy (non-hydrogen) atoms. The zero-order valence-electron chi connectivity index (χ0n) is 8.65. The van der Waals surface area contributed by atoms with Crippen LogP contribution in [0.4, 0.5) is 0 Å². The van der Waals surface area contributed by atoms with E-state index in [0.29, 0.717) is 5.54 Å². The lowest BCUT2D eigenvalue weighted by atomic mass is 9.84. The van der Waals surface area contributed by atoms with Crippen LogP contribution in [-0.4, -0.2) is 37.4 Å². The largest absolute Gasteiger partial charge is 0.381 e. The topological polar surface area (TPSA) is 33.3 Å². The highest BCUT2D eigenvalue weighted by molar-refractivity contribution is 5.02. The van der Waals surface area contributed by atoms with Crippen LogP contribution >= 0.6 is 0 Å². The number of hydrogen-bond donors (Lipinski definition) is 2. The van der Waals surface area contributed by atoms with Crippen LogP contribution in [0.15, 0.2) is 0 Å². The van der Waals surface area contributed by atoms with Gasteiger partial charge >= 0.3 is 0 Å². The molecule has 0 aromatic heterocycles. The van der Waals surface area contributed by atoms with Crippen molar-refractivity contribution in [3.8, 4) is 0 Å². The molecule has 2 aliphatic heterocycles. The normalized spacial score (nSPS) is 31.8. The van der Waals surface area contributed by atoms with Crippen LogP contribution in [0.25, 0.3) is 0 Å². The number of ether oxygens (including phenoxy) is 1. The van der Waals surface area contributed by atoms with Gasteiger partial charge in [0.1, 0.15) is 0 Å². The molecule has 2 N–H and O–H groups in total. The lowest BCUT2D eigenvalue weighted by molar-refractivity contribution is 0.0144. The van der Waals surface area contributed by atoms with Gasteiger partial charge in [-0.05, 0) is 26.7 Å². The van der Waals surface area contributed by atoms with E-state index in [4.69, 9.17) is 4.74 Å². The zero-order valence-corrected chi connectivity index (χ0v) is 8.65. The average molecular weight is 184 g/mol. The first kappa shape index (κ1) is 9.44. The van der Waals surface area contributed by atoms with Gasteiger partial charge in [-0.2, -0.15) is 0 Å². The van der Waals surface area contributed by atoms with Crippen molar-refractivity contribution >= 4 is 0 Å². The quantitative estimate of drug-likeness (QED) is 0.575. The second-order valence-electron chi connectivity index (χ2n) is 5.01. The van der Waals surface area contributed by atoms with Gasteiger partial charge in [0.05, 0.1) is 0 Å². The van der Waals surface area contributed by atoms with E-state index in [1.54, 1.807) is 0 Å². The molecule has 2 saturated heterocycles. The minimum atomic E-state index is 0.232. The number of nitrogens with one attached hydrogen (secondary N) is 2. The van der Waals surface area contributed by atoms with E-state index < -0.39 is 0 Å². The molecule has 0 aromatic rings. The monoisotopic (exact) mass is 184 g/mol. The maximum absolute atomic E-state index is 5.40. The summed E-state index contributed by atoms with van der Waals surface area (Å²) in [5.74, 6) is 0. The highest BCUT2D eigenvalue weighted by Gasteiger charge is 2.39. The van der Waals surface area contributed by atoms with Crippen LogP contribution in [0.1, 0.15) is 26.7 Å². The summed E-state index contributed by atoms with van der Waals surface area (Å²) in [6.07, 6.45) is 2.28. The number of piperazine rings is 1. The van der Waals surface area contributed by atoms with Gasteiger partial charge in [-0.1, -0.05) is 0 Å². The maximum atomic E-state index is 5.40. The molecule has 0 aliphatic carbocycles. The molecule has 0 unspecified atom stereocenters. The van der Waals surface area contributed by atoms with E-state index in [2.05, 4.69) is 24.5 Å². The summed E-state index contributed by atoms with van der Waals surface area (Å²) < 4.78 is 5.40. The fraction of sp³-hybridized carbons (Fsp3) is 1.00. The first-order valence-electron chi connectivity index (χ1n) is 5.20. The van der Waals surface area contributed by atoms with Crippen LogP contribution in [-0.2, 0) is 4.74 Å². The fourth-order valence-electron chi connectivity index (χ4n) is 2.48. The summed E-state index contributed by atoms with van der Waals surface area (Å²) in [6.45, 7) is 8.50. The lowest BCUT2D eigenvalue weighted by Gasteiger charge is -2.48. The molecule has 76 valence electrons. The Morgan fingerprint density at radius 3 is 2.38 bits per heavy atom. The standard InChI is InChI=1S/C10H20N2O/c1-9(2)7-11-8-10(12-9)3-5-13-6-4-10/h11-12H,3-8H2,1-2H3. The van der Waals surface area contributed by atoms with E-state index in [9.17, 15) is 0 Å². The van der Waals surface area contributed by atoms with Gasteiger partial charge in [-0.15, -0.1) is 0 Å². The van der Waals surface area contributed by atoms with Crippen molar-refractivity contribution in [2.75, 3.05) is 26.3 Å². The third-order valence-electron chi connectivity index (χ3n) is 3.08. The highest BCUT2D eigenvalue weighted by atomic mass is 16.5. The van der Waals surface area contributed by atoms with E-state index in [1.807, 2.05) is 0 Å². The van der Waals surface area contributed by atoms with Gasteiger partial charge in [0, 0.05) is 37.4 Å². The average Bonchev–Trinajstić information content (AvgIpc) is 2.03. The molecule has 3 nitrogen and oxygen atoms in total. The molecule has 3 heteroatoms. The summed E-state index contributed by atoms with van der Waals surface area (Å²) >= 11 is 0. The van der Waals surface area contributed by atoms with Gasteiger partial charge < -0.3 is 15.4 Å². The van der Waals surface area contributed by atoms with Gasteiger partial charge in [-0.3, -0.25) is 0 Å². The minimum absolute atomic E-state index is 0.232. The van der Waals surface area contributed by atoms with E-state index in [-0.39, 0.29) is 5.54 Å². The predicted octanol–water partition coefficient (Wildman–Crippen LogP) is 0.507. The number of rotatable bonds is 0. The predicted molar refractivity (Wildman–Crippen MR) is 52.9 cm³/mol. The molecule has 2 rings (SSSR count). The minimum Gasteiger partial charge on any atom is -0.381 e. The molecule has 0 atom stereocenters. The van der Waals surface area contributed by atoms with Crippen molar-refractivity contribution in [2.24, 2.45) is 0 Å². The third kappa shape index (κ3) is 2.03. The van der Waals surface area contributed by atoms with Gasteiger partial charge in [0.15, 0.2) is 0 Å². The fourth-order valence-corrected chi connectivity index (χ4v) is 2.48. The Hall–Kier alpha value is -0.120. The summed E-state index contributed by atoms with van der Waals surface area (Å²) in [7, 11) is 0. The first-order valence-corrected chi connectivity index (χ1v) is 5.20. The molecule has 2 heterocycles. The van der Waals surface area contributed by atoms with Crippen LogP contribution in [0, 0.1) is 0 Å².